The van der Waals surface area contributed by atoms with Gasteiger partial charge in [-0.15, -0.1) is 11.6 Å². The Labute approximate surface area is 109 Å². The molecule has 0 nitrogen and oxygen atoms in total. The summed E-state index contributed by atoms with van der Waals surface area (Å²) in [6.07, 6.45) is 1.09. The van der Waals surface area contributed by atoms with E-state index in [1.165, 1.54) is 0 Å². The first-order chi connectivity index (χ1) is 8.48. The Morgan fingerprint density at radius 3 is 2.06 bits per heavy atom. The van der Waals surface area contributed by atoms with Crippen LogP contribution in [0.5, 0.6) is 0 Å². The molecule has 0 saturated carbocycles. The van der Waals surface area contributed by atoms with Crippen LogP contribution >= 0.6 is 11.6 Å². The third-order valence-corrected chi connectivity index (χ3v) is 3.58. The first kappa shape index (κ1) is 13.2. The van der Waals surface area contributed by atoms with E-state index in [4.69, 9.17) is 11.6 Å². The van der Waals surface area contributed by atoms with Crippen LogP contribution in [0.15, 0.2) is 54.6 Å². The molecule has 0 amide bonds. The van der Waals surface area contributed by atoms with E-state index in [1.54, 1.807) is 12.2 Å². The van der Waals surface area contributed by atoms with Crippen LogP contribution in [0.4, 0.5) is 13.2 Å². The van der Waals surface area contributed by atoms with E-state index in [2.05, 4.69) is 0 Å². The summed E-state index contributed by atoms with van der Waals surface area (Å²) in [5, 5.41) is 0. The van der Waals surface area contributed by atoms with Crippen LogP contribution in [0.3, 0.4) is 0 Å². The minimum Gasteiger partial charge on any atom is -0.170 e. The second-order valence-corrected chi connectivity index (χ2v) is 4.59. The van der Waals surface area contributed by atoms with Gasteiger partial charge in [-0.2, -0.15) is 13.2 Å². The van der Waals surface area contributed by atoms with Crippen LogP contribution < -0.4 is 0 Å². The molecule has 0 heterocycles. The van der Waals surface area contributed by atoms with Gasteiger partial charge < -0.3 is 0 Å². The molecule has 1 aliphatic carbocycles. The van der Waals surface area contributed by atoms with Crippen LogP contribution in [-0.2, 0) is 0 Å². The fourth-order valence-corrected chi connectivity index (χ4v) is 2.25. The highest BCUT2D eigenvalue weighted by Crippen LogP contribution is 2.45. The van der Waals surface area contributed by atoms with E-state index in [9.17, 15) is 13.2 Å². The predicted molar refractivity (Wildman–Crippen MR) is 66.7 cm³/mol. The highest BCUT2D eigenvalue weighted by Gasteiger charge is 2.51. The lowest BCUT2D eigenvalue weighted by atomic mass is 9.81. The molecule has 0 atom stereocenters. The van der Waals surface area contributed by atoms with Gasteiger partial charge in [0.1, 0.15) is 5.41 Å². The van der Waals surface area contributed by atoms with Gasteiger partial charge in [0, 0.05) is 11.8 Å². The lowest BCUT2D eigenvalue weighted by Gasteiger charge is -2.31. The Balaban J connectivity index is 2.26. The van der Waals surface area contributed by atoms with E-state index < -0.39 is 17.5 Å². The molecule has 0 N–H and O–H groups in total. The Morgan fingerprint density at radius 2 is 1.61 bits per heavy atom. The molecule has 4 heteroatoms. The summed E-state index contributed by atoms with van der Waals surface area (Å²) in [7, 11) is 0. The van der Waals surface area contributed by atoms with E-state index in [1.807, 2.05) is 30.3 Å². The maximum absolute atomic E-state index is 12.9. The standard InChI is InChI=1S/C14H12ClF3/c15-10-13(14(16,17)18)8-6-12(7-9-13)11-4-2-1-3-5-11/h1-9,12H,10H2. The molecule has 1 aromatic rings. The molecule has 0 fully saturated rings. The van der Waals surface area contributed by atoms with Gasteiger partial charge in [-0.05, 0) is 5.56 Å². The van der Waals surface area contributed by atoms with Crippen molar-refractivity contribution in [1.82, 2.24) is 0 Å². The number of hydrogen-bond acceptors (Lipinski definition) is 0. The zero-order valence-corrected chi connectivity index (χ0v) is 10.2. The lowest BCUT2D eigenvalue weighted by molar-refractivity contribution is -0.182. The summed E-state index contributed by atoms with van der Waals surface area (Å²) in [4.78, 5) is 0. The smallest absolute Gasteiger partial charge is 0.170 e. The van der Waals surface area contributed by atoms with Crippen LogP contribution in [-0.4, -0.2) is 12.1 Å². The minimum absolute atomic E-state index is 0.120. The zero-order valence-electron chi connectivity index (χ0n) is 9.49. The van der Waals surface area contributed by atoms with Crippen molar-refractivity contribution in [2.24, 2.45) is 5.41 Å². The SMILES string of the molecule is FC(F)(F)C1(CCl)C=CC(c2ccccc2)C=C1. The van der Waals surface area contributed by atoms with Crippen LogP contribution in [0.1, 0.15) is 11.5 Å². The third kappa shape index (κ3) is 2.32. The molecule has 18 heavy (non-hydrogen) atoms. The summed E-state index contributed by atoms with van der Waals surface area (Å²) in [5.74, 6) is -0.616. The van der Waals surface area contributed by atoms with Gasteiger partial charge in [-0.25, -0.2) is 0 Å². The molecule has 2 rings (SSSR count). The minimum atomic E-state index is -4.36. The maximum Gasteiger partial charge on any atom is 0.402 e. The first-order valence-electron chi connectivity index (χ1n) is 5.55. The summed E-state index contributed by atoms with van der Waals surface area (Å²) in [5.41, 5.74) is -1.06. The molecule has 0 radical (unpaired) electrons. The van der Waals surface area contributed by atoms with Crippen molar-refractivity contribution < 1.29 is 13.2 Å². The van der Waals surface area contributed by atoms with Crippen molar-refractivity contribution in [3.8, 4) is 0 Å². The zero-order chi connectivity index (χ0) is 13.2. The topological polar surface area (TPSA) is 0 Å². The van der Waals surface area contributed by atoms with Crippen LogP contribution in [0, 0.1) is 5.41 Å². The number of halogens is 4. The summed E-state index contributed by atoms with van der Waals surface area (Å²) >= 11 is 5.49. The van der Waals surface area contributed by atoms with Gasteiger partial charge >= 0.3 is 6.18 Å². The number of alkyl halides is 4. The fraction of sp³-hybridized carbons (Fsp3) is 0.286. The molecule has 0 aromatic heterocycles. The van der Waals surface area contributed by atoms with E-state index >= 15 is 0 Å². The van der Waals surface area contributed by atoms with Crippen molar-refractivity contribution >= 4 is 11.6 Å². The average Bonchev–Trinajstić information content (AvgIpc) is 2.38. The molecule has 0 bridgehead atoms. The number of rotatable bonds is 2. The quantitative estimate of drug-likeness (QED) is 0.541. The monoisotopic (exact) mass is 272 g/mol. The van der Waals surface area contributed by atoms with Crippen LogP contribution in [0.2, 0.25) is 0 Å². The van der Waals surface area contributed by atoms with Gasteiger partial charge in [0.25, 0.3) is 0 Å². The second kappa shape index (κ2) is 4.81. The van der Waals surface area contributed by atoms with Crippen molar-refractivity contribution in [3.63, 3.8) is 0 Å². The molecule has 0 saturated heterocycles. The molecule has 1 aromatic carbocycles. The summed E-state index contributed by atoms with van der Waals surface area (Å²) < 4.78 is 38.8. The van der Waals surface area contributed by atoms with Gasteiger partial charge in [0.05, 0.1) is 0 Å². The van der Waals surface area contributed by atoms with E-state index in [-0.39, 0.29) is 5.92 Å². The second-order valence-electron chi connectivity index (χ2n) is 4.33. The third-order valence-electron chi connectivity index (χ3n) is 3.14. The summed E-state index contributed by atoms with van der Waals surface area (Å²) in [6.45, 7) is 0. The highest BCUT2D eigenvalue weighted by molar-refractivity contribution is 6.18. The Hall–Kier alpha value is -1.22. The largest absolute Gasteiger partial charge is 0.402 e. The van der Waals surface area contributed by atoms with E-state index in [0.717, 1.165) is 17.7 Å². The first-order valence-corrected chi connectivity index (χ1v) is 6.08. The molecule has 0 unspecified atom stereocenters. The van der Waals surface area contributed by atoms with Gasteiger partial charge in [0.2, 0.25) is 0 Å². The van der Waals surface area contributed by atoms with Crippen molar-refractivity contribution in [3.05, 3.63) is 60.2 Å². The number of hydrogen-bond donors (Lipinski definition) is 0. The maximum atomic E-state index is 12.9. The van der Waals surface area contributed by atoms with Gasteiger partial charge in [0.15, 0.2) is 0 Å². The molecule has 1 aliphatic rings. The predicted octanol–water partition coefficient (Wildman–Crippen LogP) is 4.68. The fourth-order valence-electron chi connectivity index (χ4n) is 1.92. The summed E-state index contributed by atoms with van der Waals surface area (Å²) in [6, 6.07) is 9.38. The highest BCUT2D eigenvalue weighted by atomic mass is 35.5. The van der Waals surface area contributed by atoms with Gasteiger partial charge in [-0.1, -0.05) is 54.6 Å². The Kier molecular flexibility index (Phi) is 3.53. The number of benzene rings is 1. The van der Waals surface area contributed by atoms with E-state index in [0.29, 0.717) is 0 Å². The molecule has 96 valence electrons. The normalized spacial score (nSPS) is 27.4. The average molecular weight is 273 g/mol. The Morgan fingerprint density at radius 1 is 1.06 bits per heavy atom. The van der Waals surface area contributed by atoms with Gasteiger partial charge in [-0.3, -0.25) is 0 Å². The lowest BCUT2D eigenvalue weighted by Crippen LogP contribution is -2.37. The Bertz CT molecular complexity index is 446. The molecular formula is C14H12ClF3. The van der Waals surface area contributed by atoms with Crippen molar-refractivity contribution in [1.29, 1.82) is 0 Å². The molecule has 0 spiro atoms. The van der Waals surface area contributed by atoms with Crippen LogP contribution in [0.25, 0.3) is 0 Å². The van der Waals surface area contributed by atoms with Crippen molar-refractivity contribution in [2.75, 3.05) is 5.88 Å². The number of allylic oxidation sites excluding steroid dienone is 4. The molecular weight excluding hydrogens is 261 g/mol. The molecule has 0 aliphatic heterocycles. The van der Waals surface area contributed by atoms with Crippen molar-refractivity contribution in [2.45, 2.75) is 12.1 Å².